The molecule has 0 saturated heterocycles. The van der Waals surface area contributed by atoms with Crippen molar-refractivity contribution < 1.29 is 9.53 Å². The number of carbonyl (C=O) groups excluding carboxylic acids is 1. The summed E-state index contributed by atoms with van der Waals surface area (Å²) in [5.74, 6) is -0.529. The number of benzene rings is 1. The molecule has 1 atom stereocenters. The van der Waals surface area contributed by atoms with E-state index in [4.69, 9.17) is 10.5 Å². The second kappa shape index (κ2) is 4.07. The van der Waals surface area contributed by atoms with E-state index < -0.39 is 11.7 Å². The number of nitrogens with two attached hydrogens (primary N) is 1. The molecule has 0 spiro atoms. The summed E-state index contributed by atoms with van der Waals surface area (Å²) in [6, 6.07) is 9.14. The third-order valence-electron chi connectivity index (χ3n) is 1.83. The van der Waals surface area contributed by atoms with Crippen LogP contribution >= 0.6 is 0 Å². The Morgan fingerprint density at radius 2 is 2.07 bits per heavy atom. The highest BCUT2D eigenvalue weighted by molar-refractivity contribution is 5.81. The van der Waals surface area contributed by atoms with Gasteiger partial charge in [-0.2, -0.15) is 0 Å². The molecule has 0 saturated carbocycles. The summed E-state index contributed by atoms with van der Waals surface area (Å²) in [5, 5.41) is 0. The van der Waals surface area contributed by atoms with E-state index in [0.29, 0.717) is 0 Å². The Morgan fingerprint density at radius 1 is 1.50 bits per heavy atom. The maximum atomic E-state index is 11.0. The molecule has 3 nitrogen and oxygen atoms in total. The maximum Gasteiger partial charge on any atom is 0.332 e. The van der Waals surface area contributed by atoms with Crippen molar-refractivity contribution in [3.8, 4) is 0 Å². The Hall–Kier alpha value is -1.61. The lowest BCUT2D eigenvalue weighted by atomic mass is 10.1. The lowest BCUT2D eigenvalue weighted by Gasteiger charge is -2.24. The molecule has 0 aliphatic carbocycles. The van der Waals surface area contributed by atoms with Gasteiger partial charge in [-0.1, -0.05) is 36.9 Å². The molecule has 2 N–H and O–H groups in total. The molecule has 0 aliphatic rings. The van der Waals surface area contributed by atoms with Crippen LogP contribution in [0.3, 0.4) is 0 Å². The van der Waals surface area contributed by atoms with Crippen molar-refractivity contribution in [3.05, 3.63) is 48.6 Å². The Morgan fingerprint density at radius 3 is 2.57 bits per heavy atom. The van der Waals surface area contributed by atoms with E-state index in [2.05, 4.69) is 6.58 Å². The summed E-state index contributed by atoms with van der Waals surface area (Å²) in [5.41, 5.74) is 5.46. The molecule has 0 bridgehead atoms. The third kappa shape index (κ3) is 2.44. The Balaban J connectivity index is 2.85. The standard InChI is InChI=1S/C11H13NO2/c1-3-10(13)14-11(2,12)9-7-5-4-6-8-9/h3-8H,1,12H2,2H3. The molecule has 0 fully saturated rings. The van der Waals surface area contributed by atoms with Crippen molar-refractivity contribution >= 4 is 5.97 Å². The number of hydrogen-bond acceptors (Lipinski definition) is 3. The molecule has 0 heterocycles. The lowest BCUT2D eigenvalue weighted by molar-refractivity contribution is -0.152. The fourth-order valence-corrected chi connectivity index (χ4v) is 1.08. The minimum atomic E-state index is -1.10. The van der Waals surface area contributed by atoms with Crippen molar-refractivity contribution in [2.24, 2.45) is 5.73 Å². The first kappa shape index (κ1) is 10.5. The fraction of sp³-hybridized carbons (Fsp3) is 0.182. The largest absolute Gasteiger partial charge is 0.437 e. The average Bonchev–Trinajstić information content (AvgIpc) is 2.18. The molecule has 1 aromatic carbocycles. The predicted octanol–water partition coefficient (Wildman–Crippen LogP) is 1.55. The van der Waals surface area contributed by atoms with Crippen molar-refractivity contribution in [1.82, 2.24) is 0 Å². The highest BCUT2D eigenvalue weighted by atomic mass is 16.6. The Kier molecular flexibility index (Phi) is 3.04. The predicted molar refractivity (Wildman–Crippen MR) is 54.3 cm³/mol. The third-order valence-corrected chi connectivity index (χ3v) is 1.83. The van der Waals surface area contributed by atoms with E-state index >= 15 is 0 Å². The van der Waals surface area contributed by atoms with Gasteiger partial charge < -0.3 is 4.74 Å². The quantitative estimate of drug-likeness (QED) is 0.448. The first-order valence-corrected chi connectivity index (χ1v) is 4.26. The average molecular weight is 191 g/mol. The molecule has 3 heteroatoms. The number of ether oxygens (including phenoxy) is 1. The SMILES string of the molecule is C=CC(=O)OC(C)(N)c1ccccc1. The van der Waals surface area contributed by atoms with Gasteiger partial charge in [0.2, 0.25) is 0 Å². The van der Waals surface area contributed by atoms with Crippen LogP contribution in [0.1, 0.15) is 12.5 Å². The summed E-state index contributed by atoms with van der Waals surface area (Å²) in [7, 11) is 0. The number of hydrogen-bond donors (Lipinski definition) is 1. The van der Waals surface area contributed by atoms with Crippen LogP contribution in [0.5, 0.6) is 0 Å². The zero-order valence-corrected chi connectivity index (χ0v) is 8.07. The summed E-state index contributed by atoms with van der Waals surface area (Å²) in [6.07, 6.45) is 1.09. The zero-order chi connectivity index (χ0) is 10.6. The van der Waals surface area contributed by atoms with Gasteiger partial charge in [0.05, 0.1) is 0 Å². The van der Waals surface area contributed by atoms with E-state index in [1.54, 1.807) is 19.1 Å². The highest BCUT2D eigenvalue weighted by Crippen LogP contribution is 2.18. The molecule has 0 amide bonds. The molecule has 14 heavy (non-hydrogen) atoms. The summed E-state index contributed by atoms with van der Waals surface area (Å²) >= 11 is 0. The molecule has 0 aromatic heterocycles. The zero-order valence-electron chi connectivity index (χ0n) is 8.07. The van der Waals surface area contributed by atoms with Crippen LogP contribution in [-0.4, -0.2) is 5.97 Å². The molecule has 1 unspecified atom stereocenters. The van der Waals surface area contributed by atoms with Gasteiger partial charge in [-0.05, 0) is 6.92 Å². The van der Waals surface area contributed by atoms with Crippen LogP contribution < -0.4 is 5.73 Å². The fourth-order valence-electron chi connectivity index (χ4n) is 1.08. The second-order valence-electron chi connectivity index (χ2n) is 3.10. The van der Waals surface area contributed by atoms with E-state index in [1.807, 2.05) is 18.2 Å². The minimum absolute atomic E-state index is 0.529. The minimum Gasteiger partial charge on any atom is -0.437 e. The van der Waals surface area contributed by atoms with Crippen molar-refractivity contribution in [2.75, 3.05) is 0 Å². The van der Waals surface area contributed by atoms with Crippen LogP contribution in [-0.2, 0) is 15.3 Å². The van der Waals surface area contributed by atoms with Gasteiger partial charge in [0.15, 0.2) is 5.72 Å². The maximum absolute atomic E-state index is 11.0. The van der Waals surface area contributed by atoms with Crippen LogP contribution in [0.15, 0.2) is 43.0 Å². The normalized spacial score (nSPS) is 14.1. The van der Waals surface area contributed by atoms with Crippen LogP contribution in [0.4, 0.5) is 0 Å². The van der Waals surface area contributed by atoms with Gasteiger partial charge in [-0.25, -0.2) is 4.79 Å². The van der Waals surface area contributed by atoms with Crippen LogP contribution in [0, 0.1) is 0 Å². The first-order valence-electron chi connectivity index (χ1n) is 4.26. The smallest absolute Gasteiger partial charge is 0.332 e. The number of rotatable bonds is 3. The van der Waals surface area contributed by atoms with E-state index in [1.165, 1.54) is 0 Å². The van der Waals surface area contributed by atoms with E-state index in [-0.39, 0.29) is 0 Å². The monoisotopic (exact) mass is 191 g/mol. The summed E-state index contributed by atoms with van der Waals surface area (Å²) in [6.45, 7) is 4.94. The van der Waals surface area contributed by atoms with Gasteiger partial charge >= 0.3 is 5.97 Å². The van der Waals surface area contributed by atoms with Crippen LogP contribution in [0.2, 0.25) is 0 Å². The van der Waals surface area contributed by atoms with Gasteiger partial charge in [0, 0.05) is 11.6 Å². The number of esters is 1. The topological polar surface area (TPSA) is 52.3 Å². The molecular formula is C11H13NO2. The first-order chi connectivity index (χ1) is 6.56. The molecule has 74 valence electrons. The van der Waals surface area contributed by atoms with Crippen LogP contribution in [0.25, 0.3) is 0 Å². The van der Waals surface area contributed by atoms with Gasteiger partial charge in [0.1, 0.15) is 0 Å². The molecule has 1 rings (SSSR count). The van der Waals surface area contributed by atoms with Crippen molar-refractivity contribution in [1.29, 1.82) is 0 Å². The molecule has 1 aromatic rings. The second-order valence-corrected chi connectivity index (χ2v) is 3.10. The number of carbonyl (C=O) groups is 1. The van der Waals surface area contributed by atoms with Crippen molar-refractivity contribution in [2.45, 2.75) is 12.6 Å². The van der Waals surface area contributed by atoms with E-state index in [0.717, 1.165) is 11.6 Å². The molecule has 0 aliphatic heterocycles. The molecule has 0 radical (unpaired) electrons. The summed E-state index contributed by atoms with van der Waals surface area (Å²) in [4.78, 5) is 11.0. The Bertz CT molecular complexity index is 330. The summed E-state index contributed by atoms with van der Waals surface area (Å²) < 4.78 is 4.99. The highest BCUT2D eigenvalue weighted by Gasteiger charge is 2.24. The van der Waals surface area contributed by atoms with Gasteiger partial charge in [-0.15, -0.1) is 0 Å². The molecular weight excluding hydrogens is 178 g/mol. The van der Waals surface area contributed by atoms with Gasteiger partial charge in [-0.3, -0.25) is 5.73 Å². The lowest BCUT2D eigenvalue weighted by Crippen LogP contribution is -2.37. The Labute approximate surface area is 83.2 Å². The van der Waals surface area contributed by atoms with Crippen molar-refractivity contribution in [3.63, 3.8) is 0 Å². The van der Waals surface area contributed by atoms with Gasteiger partial charge in [0.25, 0.3) is 0 Å². The van der Waals surface area contributed by atoms with E-state index in [9.17, 15) is 4.79 Å².